The molecule has 2 heteroatoms. The molecule has 3 rings (SSSR count). The van der Waals surface area contributed by atoms with Crippen LogP contribution in [0, 0.1) is 27.7 Å². The second-order valence-corrected chi connectivity index (χ2v) is 6.49. The minimum absolute atomic E-state index is 0.758. The van der Waals surface area contributed by atoms with Crippen LogP contribution >= 0.6 is 0 Å². The fraction of sp³-hybridized carbons (Fsp3) is 0.182. The molecule has 3 aromatic rings. The predicted octanol–water partition coefficient (Wildman–Crippen LogP) is 5.42. The maximum Gasteiger partial charge on any atom is 0.0401 e. The van der Waals surface area contributed by atoms with Crippen molar-refractivity contribution in [2.75, 3.05) is 11.5 Å². The van der Waals surface area contributed by atoms with Gasteiger partial charge in [0.15, 0.2) is 0 Å². The summed E-state index contributed by atoms with van der Waals surface area (Å²) in [5.74, 6) is 0. The number of benzene rings is 3. The van der Waals surface area contributed by atoms with Gasteiger partial charge in [-0.2, -0.15) is 0 Å². The molecule has 3 aromatic carbocycles. The van der Waals surface area contributed by atoms with Crippen LogP contribution in [0.3, 0.4) is 0 Å². The Bertz CT molecular complexity index is 847. The van der Waals surface area contributed by atoms with Gasteiger partial charge in [0, 0.05) is 22.5 Å². The van der Waals surface area contributed by atoms with E-state index in [1.54, 1.807) is 0 Å². The normalized spacial score (nSPS) is 10.8. The number of hydrogen-bond donors (Lipinski definition) is 2. The molecule has 2 nitrogen and oxygen atoms in total. The lowest BCUT2D eigenvalue weighted by molar-refractivity contribution is 1.33. The molecule has 0 unspecified atom stereocenters. The molecule has 0 bridgehead atoms. The largest absolute Gasteiger partial charge is 0.398 e. The van der Waals surface area contributed by atoms with Crippen molar-refractivity contribution in [3.63, 3.8) is 0 Å². The number of rotatable bonds is 2. The summed E-state index contributed by atoms with van der Waals surface area (Å²) in [6, 6.07) is 16.5. The number of nitrogens with two attached hydrogens (primary N) is 2. The highest BCUT2D eigenvalue weighted by atomic mass is 14.6. The monoisotopic (exact) mass is 316 g/mol. The van der Waals surface area contributed by atoms with Gasteiger partial charge in [-0.05, 0) is 73.2 Å². The highest BCUT2D eigenvalue weighted by Gasteiger charge is 2.18. The molecule has 122 valence electrons. The fourth-order valence-electron chi connectivity index (χ4n) is 3.26. The standard InChI is InChI=1S/C22H24N2/c1-13-7-5-9-17(15(13)3)21-19(23)11-12-20(24)22(21)18-10-6-8-14(2)16(18)4/h5-12H,23-24H2,1-4H3. The topological polar surface area (TPSA) is 52.0 Å². The first-order valence-electron chi connectivity index (χ1n) is 8.23. The number of nitrogen functional groups attached to an aromatic ring is 2. The molecule has 0 amide bonds. The molecule has 24 heavy (non-hydrogen) atoms. The summed E-state index contributed by atoms with van der Waals surface area (Å²) < 4.78 is 0. The van der Waals surface area contributed by atoms with Crippen LogP contribution in [0.25, 0.3) is 22.3 Å². The second kappa shape index (κ2) is 6.04. The third kappa shape index (κ3) is 2.54. The van der Waals surface area contributed by atoms with Crippen molar-refractivity contribution >= 4 is 11.4 Å². The Morgan fingerprint density at radius 2 is 0.917 bits per heavy atom. The Labute approximate surface area is 144 Å². The maximum atomic E-state index is 6.41. The first kappa shape index (κ1) is 16.1. The Hall–Kier alpha value is -2.74. The summed E-state index contributed by atoms with van der Waals surface area (Å²) in [6.45, 7) is 8.53. The zero-order valence-corrected chi connectivity index (χ0v) is 14.8. The van der Waals surface area contributed by atoms with Crippen LogP contribution in [-0.4, -0.2) is 0 Å². The average Bonchev–Trinajstić information content (AvgIpc) is 2.55. The highest BCUT2D eigenvalue weighted by Crippen LogP contribution is 2.43. The van der Waals surface area contributed by atoms with E-state index in [9.17, 15) is 0 Å². The molecule has 0 fully saturated rings. The minimum Gasteiger partial charge on any atom is -0.398 e. The third-order valence-corrected chi connectivity index (χ3v) is 5.02. The van der Waals surface area contributed by atoms with Crippen molar-refractivity contribution in [1.29, 1.82) is 0 Å². The summed E-state index contributed by atoms with van der Waals surface area (Å²) in [6.07, 6.45) is 0. The van der Waals surface area contributed by atoms with Gasteiger partial charge in [-0.25, -0.2) is 0 Å². The van der Waals surface area contributed by atoms with Gasteiger partial charge in [-0.15, -0.1) is 0 Å². The van der Waals surface area contributed by atoms with Gasteiger partial charge in [0.1, 0.15) is 0 Å². The molecule has 0 atom stereocenters. The second-order valence-electron chi connectivity index (χ2n) is 6.49. The molecule has 0 aromatic heterocycles. The zero-order chi connectivity index (χ0) is 17.4. The molecular weight excluding hydrogens is 292 g/mol. The van der Waals surface area contributed by atoms with E-state index in [1.807, 2.05) is 12.1 Å². The van der Waals surface area contributed by atoms with Crippen LogP contribution in [0.15, 0.2) is 48.5 Å². The van der Waals surface area contributed by atoms with Crippen molar-refractivity contribution in [2.45, 2.75) is 27.7 Å². The Kier molecular flexibility index (Phi) is 4.06. The van der Waals surface area contributed by atoms with Gasteiger partial charge in [-0.3, -0.25) is 0 Å². The Morgan fingerprint density at radius 3 is 1.29 bits per heavy atom. The van der Waals surface area contributed by atoms with Crippen molar-refractivity contribution in [1.82, 2.24) is 0 Å². The van der Waals surface area contributed by atoms with Crippen LogP contribution < -0.4 is 11.5 Å². The summed E-state index contributed by atoms with van der Waals surface area (Å²) in [5.41, 5.74) is 23.7. The van der Waals surface area contributed by atoms with Gasteiger partial charge in [0.2, 0.25) is 0 Å². The number of hydrogen-bond acceptors (Lipinski definition) is 2. The summed E-state index contributed by atoms with van der Waals surface area (Å²) in [5, 5.41) is 0. The molecule has 0 spiro atoms. The Morgan fingerprint density at radius 1 is 0.542 bits per heavy atom. The van der Waals surface area contributed by atoms with Crippen molar-refractivity contribution in [2.24, 2.45) is 0 Å². The molecule has 0 aliphatic carbocycles. The molecule has 0 saturated heterocycles. The molecule has 0 radical (unpaired) electrons. The number of aryl methyl sites for hydroxylation is 2. The first-order chi connectivity index (χ1) is 11.4. The number of anilines is 2. The predicted molar refractivity (Wildman–Crippen MR) is 105 cm³/mol. The lowest BCUT2D eigenvalue weighted by Gasteiger charge is -2.20. The third-order valence-electron chi connectivity index (χ3n) is 5.02. The van der Waals surface area contributed by atoms with E-state index >= 15 is 0 Å². The molecular formula is C22H24N2. The summed E-state index contributed by atoms with van der Waals surface area (Å²) in [7, 11) is 0. The van der Waals surface area contributed by atoms with E-state index in [-0.39, 0.29) is 0 Å². The molecule has 4 N–H and O–H groups in total. The summed E-state index contributed by atoms with van der Waals surface area (Å²) in [4.78, 5) is 0. The van der Waals surface area contributed by atoms with Gasteiger partial charge >= 0.3 is 0 Å². The van der Waals surface area contributed by atoms with Gasteiger partial charge in [0.25, 0.3) is 0 Å². The van der Waals surface area contributed by atoms with Gasteiger partial charge < -0.3 is 11.5 Å². The van der Waals surface area contributed by atoms with Crippen molar-refractivity contribution < 1.29 is 0 Å². The van der Waals surface area contributed by atoms with Gasteiger partial charge in [-0.1, -0.05) is 36.4 Å². The highest BCUT2D eigenvalue weighted by molar-refractivity contribution is 5.99. The van der Waals surface area contributed by atoms with Crippen LogP contribution in [0.2, 0.25) is 0 Å². The van der Waals surface area contributed by atoms with E-state index in [1.165, 1.54) is 22.3 Å². The SMILES string of the molecule is Cc1cccc(-c2c(N)ccc(N)c2-c2cccc(C)c2C)c1C. The maximum absolute atomic E-state index is 6.41. The van der Waals surface area contributed by atoms with Crippen LogP contribution in [0.1, 0.15) is 22.3 Å². The quantitative estimate of drug-likeness (QED) is 0.620. The van der Waals surface area contributed by atoms with Gasteiger partial charge in [0.05, 0.1) is 0 Å². The smallest absolute Gasteiger partial charge is 0.0401 e. The summed E-state index contributed by atoms with van der Waals surface area (Å²) >= 11 is 0. The van der Waals surface area contributed by atoms with Crippen molar-refractivity contribution in [3.8, 4) is 22.3 Å². The van der Waals surface area contributed by atoms with Crippen LogP contribution in [0.4, 0.5) is 11.4 Å². The van der Waals surface area contributed by atoms with E-state index in [0.29, 0.717) is 0 Å². The lowest BCUT2D eigenvalue weighted by Crippen LogP contribution is -2.01. The van der Waals surface area contributed by atoms with Crippen molar-refractivity contribution in [3.05, 3.63) is 70.8 Å². The zero-order valence-electron chi connectivity index (χ0n) is 14.8. The fourth-order valence-corrected chi connectivity index (χ4v) is 3.26. The molecule has 0 aliphatic rings. The lowest BCUT2D eigenvalue weighted by atomic mass is 9.86. The molecule has 0 saturated carbocycles. The average molecular weight is 316 g/mol. The Balaban J connectivity index is 2.42. The van der Waals surface area contributed by atoms with E-state index in [0.717, 1.165) is 33.6 Å². The van der Waals surface area contributed by atoms with E-state index < -0.39 is 0 Å². The minimum atomic E-state index is 0.758. The molecule has 0 heterocycles. The van der Waals surface area contributed by atoms with E-state index in [4.69, 9.17) is 11.5 Å². The van der Waals surface area contributed by atoms with E-state index in [2.05, 4.69) is 64.1 Å². The van der Waals surface area contributed by atoms with Crippen LogP contribution in [-0.2, 0) is 0 Å². The van der Waals surface area contributed by atoms with Crippen LogP contribution in [0.5, 0.6) is 0 Å². The first-order valence-corrected chi connectivity index (χ1v) is 8.23. The molecule has 0 aliphatic heterocycles.